The molecule has 0 fully saturated rings. The fraction of sp³-hybridized carbons (Fsp3) is 0.500. The fourth-order valence-corrected chi connectivity index (χ4v) is 1.90. The largest absolute Gasteiger partial charge is 0.385 e. The minimum Gasteiger partial charge on any atom is -0.385 e. The molecule has 3 nitrogen and oxygen atoms in total. The number of carbonyl (C=O) groups excluding carboxylic acids is 1. The highest BCUT2D eigenvalue weighted by molar-refractivity contribution is 7.99. The van der Waals surface area contributed by atoms with Crippen molar-refractivity contribution in [3.63, 3.8) is 0 Å². The van der Waals surface area contributed by atoms with Crippen LogP contribution in [-0.2, 0) is 0 Å². The maximum absolute atomic E-state index is 12.0. The van der Waals surface area contributed by atoms with Crippen LogP contribution in [0.4, 0.5) is 5.69 Å². The summed E-state index contributed by atoms with van der Waals surface area (Å²) in [5.74, 6) is 0.0106. The molecule has 1 amide bonds. The van der Waals surface area contributed by atoms with Gasteiger partial charge in [-0.15, -0.1) is 0 Å². The van der Waals surface area contributed by atoms with Gasteiger partial charge >= 0.3 is 0 Å². The van der Waals surface area contributed by atoms with E-state index in [4.69, 9.17) is 0 Å². The molecule has 0 bridgehead atoms. The van der Waals surface area contributed by atoms with Gasteiger partial charge in [0.2, 0.25) is 0 Å². The van der Waals surface area contributed by atoms with Crippen LogP contribution in [0.3, 0.4) is 0 Å². The average molecular weight is 266 g/mol. The summed E-state index contributed by atoms with van der Waals surface area (Å²) in [4.78, 5) is 12.0. The predicted octanol–water partition coefficient (Wildman–Crippen LogP) is 2.91. The molecule has 2 N–H and O–H groups in total. The van der Waals surface area contributed by atoms with E-state index in [0.29, 0.717) is 11.8 Å². The molecule has 0 saturated heterocycles. The molecule has 1 aromatic carbocycles. The number of thioether (sulfide) groups is 1. The van der Waals surface area contributed by atoms with Crippen LogP contribution >= 0.6 is 11.8 Å². The third-order valence-electron chi connectivity index (χ3n) is 2.80. The minimum atomic E-state index is 0.0106. The maximum atomic E-state index is 12.0. The molecule has 0 aliphatic rings. The third-order valence-corrected chi connectivity index (χ3v) is 3.78. The van der Waals surface area contributed by atoms with E-state index in [1.165, 1.54) is 0 Å². The quantitative estimate of drug-likeness (QED) is 0.832. The molecule has 1 atom stereocenters. The van der Waals surface area contributed by atoms with E-state index in [2.05, 4.69) is 24.5 Å². The van der Waals surface area contributed by atoms with Gasteiger partial charge in [-0.05, 0) is 43.9 Å². The second kappa shape index (κ2) is 7.31. The Morgan fingerprint density at radius 2 is 2.17 bits per heavy atom. The third kappa shape index (κ3) is 4.26. The molecule has 0 spiro atoms. The summed E-state index contributed by atoms with van der Waals surface area (Å²) in [6.45, 7) is 7.71. The van der Waals surface area contributed by atoms with Gasteiger partial charge in [-0.1, -0.05) is 6.92 Å². The van der Waals surface area contributed by atoms with Crippen molar-refractivity contribution < 1.29 is 4.79 Å². The van der Waals surface area contributed by atoms with Crippen molar-refractivity contribution in [2.45, 2.75) is 26.0 Å². The SMILES string of the molecule is CCNc1ccc(C(=O)NCC(C)SC)c(C)c1. The van der Waals surface area contributed by atoms with E-state index in [1.54, 1.807) is 11.8 Å². The number of hydrogen-bond acceptors (Lipinski definition) is 3. The number of carbonyl (C=O) groups is 1. The zero-order valence-corrected chi connectivity index (χ0v) is 12.4. The first-order chi connectivity index (χ1) is 8.58. The average Bonchev–Trinajstić information content (AvgIpc) is 2.36. The Balaban J connectivity index is 2.68. The zero-order chi connectivity index (χ0) is 13.5. The van der Waals surface area contributed by atoms with Gasteiger partial charge in [0.1, 0.15) is 0 Å². The molecule has 4 heteroatoms. The van der Waals surface area contributed by atoms with Crippen molar-refractivity contribution in [1.29, 1.82) is 0 Å². The highest BCUT2D eigenvalue weighted by Crippen LogP contribution is 2.15. The number of hydrogen-bond donors (Lipinski definition) is 2. The van der Waals surface area contributed by atoms with Gasteiger partial charge in [0.25, 0.3) is 5.91 Å². The van der Waals surface area contributed by atoms with E-state index in [9.17, 15) is 4.79 Å². The second-order valence-corrected chi connectivity index (χ2v) is 5.59. The molecule has 100 valence electrons. The Morgan fingerprint density at radius 1 is 1.44 bits per heavy atom. The number of aryl methyl sites for hydroxylation is 1. The lowest BCUT2D eigenvalue weighted by Gasteiger charge is -2.12. The smallest absolute Gasteiger partial charge is 0.251 e. The van der Waals surface area contributed by atoms with Crippen LogP contribution < -0.4 is 10.6 Å². The summed E-state index contributed by atoms with van der Waals surface area (Å²) in [6, 6.07) is 5.84. The van der Waals surface area contributed by atoms with Crippen molar-refractivity contribution in [3.05, 3.63) is 29.3 Å². The Bertz CT molecular complexity index is 407. The molecule has 0 heterocycles. The number of rotatable bonds is 6. The van der Waals surface area contributed by atoms with Gasteiger partial charge in [-0.25, -0.2) is 0 Å². The Labute approximate surface area is 114 Å². The van der Waals surface area contributed by atoms with Crippen molar-refractivity contribution >= 4 is 23.4 Å². The van der Waals surface area contributed by atoms with E-state index in [-0.39, 0.29) is 5.91 Å². The molecule has 0 aromatic heterocycles. The van der Waals surface area contributed by atoms with E-state index in [1.807, 2.05) is 31.4 Å². The first kappa shape index (κ1) is 14.9. The number of anilines is 1. The normalized spacial score (nSPS) is 12.0. The fourth-order valence-electron chi connectivity index (χ4n) is 1.65. The van der Waals surface area contributed by atoms with Crippen LogP contribution in [0.5, 0.6) is 0 Å². The lowest BCUT2D eigenvalue weighted by atomic mass is 10.1. The van der Waals surface area contributed by atoms with E-state index < -0.39 is 0 Å². The molecule has 1 unspecified atom stereocenters. The summed E-state index contributed by atoms with van der Waals surface area (Å²) in [7, 11) is 0. The number of benzene rings is 1. The van der Waals surface area contributed by atoms with Gasteiger partial charge in [0, 0.05) is 29.6 Å². The van der Waals surface area contributed by atoms with Crippen LogP contribution in [-0.4, -0.2) is 30.5 Å². The summed E-state index contributed by atoms with van der Waals surface area (Å²) < 4.78 is 0. The molecular formula is C14H22N2OS. The van der Waals surface area contributed by atoms with E-state index >= 15 is 0 Å². The van der Waals surface area contributed by atoms with Gasteiger partial charge in [0.15, 0.2) is 0 Å². The molecule has 0 radical (unpaired) electrons. The molecule has 0 aliphatic heterocycles. The maximum Gasteiger partial charge on any atom is 0.251 e. The minimum absolute atomic E-state index is 0.0106. The summed E-state index contributed by atoms with van der Waals surface area (Å²) >= 11 is 1.75. The molecule has 1 rings (SSSR count). The van der Waals surface area contributed by atoms with Crippen molar-refractivity contribution in [1.82, 2.24) is 5.32 Å². The van der Waals surface area contributed by atoms with Crippen molar-refractivity contribution in [2.24, 2.45) is 0 Å². The van der Waals surface area contributed by atoms with Crippen LogP contribution in [0, 0.1) is 6.92 Å². The molecule has 0 saturated carbocycles. The standard InChI is InChI=1S/C14H22N2OS/c1-5-15-12-6-7-13(10(2)8-12)14(17)16-9-11(3)18-4/h6-8,11,15H,5,9H2,1-4H3,(H,16,17). The molecular weight excluding hydrogens is 244 g/mol. The van der Waals surface area contributed by atoms with Crippen LogP contribution in [0.2, 0.25) is 0 Å². The van der Waals surface area contributed by atoms with Gasteiger partial charge in [-0.2, -0.15) is 11.8 Å². The number of amides is 1. The predicted molar refractivity (Wildman–Crippen MR) is 80.7 cm³/mol. The Kier molecular flexibility index (Phi) is 6.05. The first-order valence-corrected chi connectivity index (χ1v) is 7.52. The monoisotopic (exact) mass is 266 g/mol. The zero-order valence-electron chi connectivity index (χ0n) is 11.5. The molecule has 1 aromatic rings. The lowest BCUT2D eigenvalue weighted by Crippen LogP contribution is -2.29. The first-order valence-electron chi connectivity index (χ1n) is 6.24. The Hall–Kier alpha value is -1.16. The van der Waals surface area contributed by atoms with Crippen molar-refractivity contribution in [3.8, 4) is 0 Å². The van der Waals surface area contributed by atoms with E-state index in [0.717, 1.165) is 23.4 Å². The highest BCUT2D eigenvalue weighted by Gasteiger charge is 2.10. The summed E-state index contributed by atoms with van der Waals surface area (Å²) in [5, 5.41) is 6.64. The highest BCUT2D eigenvalue weighted by atomic mass is 32.2. The second-order valence-electron chi connectivity index (χ2n) is 4.32. The summed E-state index contributed by atoms with van der Waals surface area (Å²) in [5.41, 5.74) is 2.82. The van der Waals surface area contributed by atoms with Gasteiger partial charge < -0.3 is 10.6 Å². The summed E-state index contributed by atoms with van der Waals surface area (Å²) in [6.07, 6.45) is 2.05. The topological polar surface area (TPSA) is 41.1 Å². The van der Waals surface area contributed by atoms with Crippen molar-refractivity contribution in [2.75, 3.05) is 24.7 Å². The molecule has 0 aliphatic carbocycles. The van der Waals surface area contributed by atoms with Crippen LogP contribution in [0.1, 0.15) is 29.8 Å². The number of nitrogens with one attached hydrogen (secondary N) is 2. The molecule has 18 heavy (non-hydrogen) atoms. The lowest BCUT2D eigenvalue weighted by molar-refractivity contribution is 0.0953. The Morgan fingerprint density at radius 3 is 2.72 bits per heavy atom. The van der Waals surface area contributed by atoms with Gasteiger partial charge in [0.05, 0.1) is 0 Å². The van der Waals surface area contributed by atoms with Crippen LogP contribution in [0.25, 0.3) is 0 Å². The van der Waals surface area contributed by atoms with Crippen LogP contribution in [0.15, 0.2) is 18.2 Å². The van der Waals surface area contributed by atoms with Gasteiger partial charge in [-0.3, -0.25) is 4.79 Å².